The molecule has 6 nitrogen and oxygen atoms in total. The van der Waals surface area contributed by atoms with Gasteiger partial charge in [0.2, 0.25) is 15.9 Å². The summed E-state index contributed by atoms with van der Waals surface area (Å²) in [7, 11) is -3.71. The lowest BCUT2D eigenvalue weighted by molar-refractivity contribution is -0.134. The van der Waals surface area contributed by atoms with E-state index in [9.17, 15) is 13.2 Å². The van der Waals surface area contributed by atoms with Gasteiger partial charge in [-0.25, -0.2) is 8.42 Å². The molecule has 2 atom stereocenters. The Hall–Kier alpha value is -1.80. The molecule has 0 aliphatic carbocycles. The van der Waals surface area contributed by atoms with Crippen LogP contribution in [0.5, 0.6) is 0 Å². The van der Waals surface area contributed by atoms with Crippen LogP contribution in [-0.4, -0.2) is 69.1 Å². The van der Waals surface area contributed by atoms with Crippen LogP contribution in [0.25, 0.3) is 0 Å². The van der Waals surface area contributed by atoms with Gasteiger partial charge in [-0.05, 0) is 62.5 Å². The van der Waals surface area contributed by atoms with E-state index in [1.54, 1.807) is 12.1 Å². The molecule has 0 N–H and O–H groups in total. The van der Waals surface area contributed by atoms with Crippen LogP contribution in [0.4, 0.5) is 5.69 Å². The summed E-state index contributed by atoms with van der Waals surface area (Å²) in [6.45, 7) is 3.24. The van der Waals surface area contributed by atoms with E-state index in [1.807, 2.05) is 23.1 Å². The van der Waals surface area contributed by atoms with Gasteiger partial charge in [0.05, 0.1) is 28.0 Å². The highest BCUT2D eigenvalue weighted by Crippen LogP contribution is 2.35. The average molecular weight is 525 g/mol. The van der Waals surface area contributed by atoms with Crippen molar-refractivity contribution in [3.63, 3.8) is 0 Å². The lowest BCUT2D eigenvalue weighted by atomic mass is 9.83. The highest BCUT2D eigenvalue weighted by atomic mass is 35.5. The zero-order chi connectivity index (χ0) is 24.3. The van der Waals surface area contributed by atoms with Crippen molar-refractivity contribution in [3.8, 4) is 0 Å². The molecule has 4 rings (SSSR count). The molecular formula is C25H31Cl2N3O3S. The van der Waals surface area contributed by atoms with Gasteiger partial charge in [0.1, 0.15) is 6.54 Å². The Morgan fingerprint density at radius 3 is 2.35 bits per heavy atom. The van der Waals surface area contributed by atoms with E-state index in [2.05, 4.69) is 17.0 Å². The number of sulfonamides is 1. The van der Waals surface area contributed by atoms with Crippen molar-refractivity contribution in [3.05, 3.63) is 64.1 Å². The number of nitrogens with zero attached hydrogens (tertiary/aromatic N) is 3. The van der Waals surface area contributed by atoms with Crippen LogP contribution < -0.4 is 4.31 Å². The molecule has 0 bridgehead atoms. The SMILES string of the molecule is CS(=O)(=O)N(CC(=O)N1CCC[C@H](c2ccccc2)[C@@H]1CN1CCCC1)c1ccc(Cl)c(Cl)c1. The first-order chi connectivity index (χ1) is 16.2. The van der Waals surface area contributed by atoms with Crippen LogP contribution in [0.2, 0.25) is 10.0 Å². The van der Waals surface area contributed by atoms with Gasteiger partial charge in [-0.3, -0.25) is 9.10 Å². The molecule has 34 heavy (non-hydrogen) atoms. The zero-order valence-corrected chi connectivity index (χ0v) is 21.7. The van der Waals surface area contributed by atoms with Crippen molar-refractivity contribution in [2.75, 3.05) is 43.3 Å². The van der Waals surface area contributed by atoms with Crippen molar-refractivity contribution >= 4 is 44.8 Å². The molecule has 9 heteroatoms. The second-order valence-electron chi connectivity index (χ2n) is 9.19. The van der Waals surface area contributed by atoms with Gasteiger partial charge < -0.3 is 9.80 Å². The summed E-state index contributed by atoms with van der Waals surface area (Å²) >= 11 is 12.2. The monoisotopic (exact) mass is 523 g/mol. The average Bonchev–Trinajstić information content (AvgIpc) is 3.32. The lowest BCUT2D eigenvalue weighted by Gasteiger charge is -2.44. The third-order valence-electron chi connectivity index (χ3n) is 6.84. The number of hydrogen-bond acceptors (Lipinski definition) is 4. The van der Waals surface area contributed by atoms with Crippen LogP contribution in [0.1, 0.15) is 37.2 Å². The minimum atomic E-state index is -3.71. The predicted octanol–water partition coefficient (Wildman–Crippen LogP) is 4.63. The molecule has 2 saturated heterocycles. The molecule has 0 unspecified atom stereocenters. The molecule has 2 aliphatic heterocycles. The molecule has 1 amide bonds. The predicted molar refractivity (Wildman–Crippen MR) is 138 cm³/mol. The Morgan fingerprint density at radius 1 is 1.00 bits per heavy atom. The Labute approximate surface area is 212 Å². The highest BCUT2D eigenvalue weighted by molar-refractivity contribution is 7.92. The van der Waals surface area contributed by atoms with E-state index < -0.39 is 10.0 Å². The summed E-state index contributed by atoms with van der Waals surface area (Å²) in [5, 5.41) is 0.576. The minimum absolute atomic E-state index is 0.00281. The Kier molecular flexibility index (Phi) is 8.08. The van der Waals surface area contributed by atoms with Crippen LogP contribution in [0, 0.1) is 0 Å². The molecule has 2 fully saturated rings. The number of benzene rings is 2. The smallest absolute Gasteiger partial charge is 0.243 e. The van der Waals surface area contributed by atoms with Gasteiger partial charge in [-0.2, -0.15) is 0 Å². The third-order valence-corrected chi connectivity index (χ3v) is 8.72. The summed E-state index contributed by atoms with van der Waals surface area (Å²) in [6.07, 6.45) is 5.35. The number of amides is 1. The Balaban J connectivity index is 1.62. The van der Waals surface area contributed by atoms with E-state index in [0.29, 0.717) is 17.3 Å². The lowest BCUT2D eigenvalue weighted by Crippen LogP contribution is -2.55. The molecule has 184 valence electrons. The molecule has 0 aromatic heterocycles. The minimum Gasteiger partial charge on any atom is -0.336 e. The van der Waals surface area contributed by atoms with Crippen LogP contribution >= 0.6 is 23.2 Å². The number of hydrogen-bond donors (Lipinski definition) is 0. The number of rotatable bonds is 7. The molecule has 2 aromatic rings. The van der Waals surface area contributed by atoms with Crippen LogP contribution in [0.15, 0.2) is 48.5 Å². The zero-order valence-electron chi connectivity index (χ0n) is 19.4. The summed E-state index contributed by atoms with van der Waals surface area (Å²) in [5.74, 6) is 0.0254. The Bertz CT molecular complexity index is 1110. The first-order valence-corrected chi connectivity index (χ1v) is 14.3. The van der Waals surface area contributed by atoms with Gasteiger partial charge in [0, 0.05) is 19.0 Å². The Morgan fingerprint density at radius 2 is 1.71 bits per heavy atom. The number of carbonyl (C=O) groups is 1. The number of carbonyl (C=O) groups excluding carboxylic acids is 1. The van der Waals surface area contributed by atoms with Crippen LogP contribution in [-0.2, 0) is 14.8 Å². The van der Waals surface area contributed by atoms with E-state index in [-0.39, 0.29) is 29.4 Å². The fraction of sp³-hybridized carbons (Fsp3) is 0.480. The number of likely N-dealkylation sites (tertiary alicyclic amines) is 2. The van der Waals surface area contributed by atoms with Gasteiger partial charge in [0.25, 0.3) is 0 Å². The third kappa shape index (κ3) is 5.88. The van der Waals surface area contributed by atoms with Gasteiger partial charge in [0.15, 0.2) is 0 Å². The van der Waals surface area contributed by atoms with E-state index in [1.165, 1.54) is 24.5 Å². The molecule has 0 saturated carbocycles. The molecule has 0 radical (unpaired) electrons. The molecule has 2 heterocycles. The summed E-state index contributed by atoms with van der Waals surface area (Å²) in [5.41, 5.74) is 1.56. The maximum Gasteiger partial charge on any atom is 0.243 e. The molecule has 2 aromatic carbocycles. The standard InChI is InChI=1S/C25H31Cl2N3O3S/c1-34(32,33)30(20-11-12-22(26)23(27)16-20)18-25(31)29-15-7-10-21(19-8-3-2-4-9-19)24(29)17-28-13-5-6-14-28/h2-4,8-9,11-12,16,21,24H,5-7,10,13-15,17-18H2,1H3/t21-,24+/m1/s1. The highest BCUT2D eigenvalue weighted by Gasteiger charge is 2.37. The van der Waals surface area contributed by atoms with Gasteiger partial charge in [-0.15, -0.1) is 0 Å². The maximum absolute atomic E-state index is 13.7. The van der Waals surface area contributed by atoms with Gasteiger partial charge >= 0.3 is 0 Å². The van der Waals surface area contributed by atoms with E-state index >= 15 is 0 Å². The van der Waals surface area contributed by atoms with Gasteiger partial charge in [-0.1, -0.05) is 53.5 Å². The quantitative estimate of drug-likeness (QED) is 0.530. The fourth-order valence-electron chi connectivity index (χ4n) is 5.17. The first-order valence-electron chi connectivity index (χ1n) is 11.7. The fourth-order valence-corrected chi connectivity index (χ4v) is 6.30. The number of piperidine rings is 1. The molecule has 0 spiro atoms. The second-order valence-corrected chi connectivity index (χ2v) is 11.9. The maximum atomic E-state index is 13.7. The second kappa shape index (κ2) is 10.9. The van der Waals surface area contributed by atoms with Crippen LogP contribution in [0.3, 0.4) is 0 Å². The summed E-state index contributed by atoms with van der Waals surface area (Å²) < 4.78 is 26.4. The van der Waals surface area contributed by atoms with Crippen molar-refractivity contribution < 1.29 is 13.2 Å². The molecular weight excluding hydrogens is 493 g/mol. The topological polar surface area (TPSA) is 60.9 Å². The molecule has 2 aliphatic rings. The number of halogens is 2. The van der Waals surface area contributed by atoms with Crippen molar-refractivity contribution in [1.29, 1.82) is 0 Å². The van der Waals surface area contributed by atoms with E-state index in [0.717, 1.165) is 43.0 Å². The first kappa shape index (κ1) is 25.3. The van der Waals surface area contributed by atoms with Crippen molar-refractivity contribution in [1.82, 2.24) is 9.80 Å². The normalized spacial score (nSPS) is 21.6. The number of anilines is 1. The largest absolute Gasteiger partial charge is 0.336 e. The van der Waals surface area contributed by atoms with E-state index in [4.69, 9.17) is 23.2 Å². The summed E-state index contributed by atoms with van der Waals surface area (Å²) in [4.78, 5) is 18.0. The van der Waals surface area contributed by atoms with Crippen molar-refractivity contribution in [2.24, 2.45) is 0 Å². The summed E-state index contributed by atoms with van der Waals surface area (Å²) in [6, 6.07) is 15.0. The van der Waals surface area contributed by atoms with Crippen molar-refractivity contribution in [2.45, 2.75) is 37.6 Å².